The van der Waals surface area contributed by atoms with E-state index < -0.39 is 39.0 Å². The number of hydrogen-bond acceptors (Lipinski definition) is 6. The third-order valence-corrected chi connectivity index (χ3v) is 9.44. The minimum atomic E-state index is -5.06. The number of fused-ring (bicyclic) bond motifs is 1. The van der Waals surface area contributed by atoms with Gasteiger partial charge in [0.25, 0.3) is 0 Å². The molecule has 0 bridgehead atoms. The standard InChI is InChI=1S/C25H22Cl2F3N5O4S/c1-15-22(23(35-21(32-15)8-9-31-35)16-6-7-17(26)18(27)14-16)24(36)33-10-12-34(13-11-33)40(37,38)20-5-3-2-4-19(20)39-25(28,29)30/h2-9,14,22-23H,10-13H2,1H3. The van der Waals surface area contributed by atoms with Gasteiger partial charge in [-0.25, -0.2) is 18.1 Å². The zero-order valence-electron chi connectivity index (χ0n) is 20.8. The molecule has 2 unspecified atom stereocenters. The van der Waals surface area contributed by atoms with Crippen LogP contribution < -0.4 is 4.74 Å². The minimum absolute atomic E-state index is 0.0181. The number of ether oxygens (including phenoxy) is 1. The molecule has 3 aromatic rings. The molecule has 1 fully saturated rings. The number of piperazine rings is 1. The number of para-hydroxylation sites is 1. The molecule has 0 N–H and O–H groups in total. The Labute approximate surface area is 237 Å². The first-order chi connectivity index (χ1) is 18.9. The summed E-state index contributed by atoms with van der Waals surface area (Å²) in [6.07, 6.45) is -3.48. The van der Waals surface area contributed by atoms with Crippen molar-refractivity contribution in [1.82, 2.24) is 19.0 Å². The zero-order chi connectivity index (χ0) is 28.8. The Morgan fingerprint density at radius 3 is 2.40 bits per heavy atom. The Kier molecular flexibility index (Phi) is 7.59. The molecule has 40 heavy (non-hydrogen) atoms. The van der Waals surface area contributed by atoms with Gasteiger partial charge in [0, 0.05) is 38.0 Å². The summed E-state index contributed by atoms with van der Waals surface area (Å²) in [6.45, 7) is 1.53. The lowest BCUT2D eigenvalue weighted by molar-refractivity contribution is -0.275. The molecule has 9 nitrogen and oxygen atoms in total. The maximum atomic E-state index is 13.9. The summed E-state index contributed by atoms with van der Waals surface area (Å²) in [4.78, 5) is 19.4. The van der Waals surface area contributed by atoms with Crippen molar-refractivity contribution in [1.29, 1.82) is 0 Å². The molecule has 1 aromatic heterocycles. The van der Waals surface area contributed by atoms with Gasteiger partial charge >= 0.3 is 6.36 Å². The average Bonchev–Trinajstić information content (AvgIpc) is 3.36. The van der Waals surface area contributed by atoms with E-state index in [1.54, 1.807) is 42.1 Å². The van der Waals surface area contributed by atoms with Crippen LogP contribution in [0.1, 0.15) is 18.5 Å². The van der Waals surface area contributed by atoms with Crippen LogP contribution in [0.2, 0.25) is 10.0 Å². The largest absolute Gasteiger partial charge is 0.573 e. The van der Waals surface area contributed by atoms with E-state index in [2.05, 4.69) is 14.8 Å². The van der Waals surface area contributed by atoms with Gasteiger partial charge in [-0.2, -0.15) is 9.40 Å². The van der Waals surface area contributed by atoms with Crippen molar-refractivity contribution in [2.24, 2.45) is 10.9 Å². The lowest BCUT2D eigenvalue weighted by Crippen LogP contribution is -2.54. The predicted octanol–water partition coefficient (Wildman–Crippen LogP) is 4.93. The van der Waals surface area contributed by atoms with E-state index in [0.29, 0.717) is 27.1 Å². The highest BCUT2D eigenvalue weighted by atomic mass is 35.5. The molecule has 212 valence electrons. The number of sulfonamides is 1. The summed E-state index contributed by atoms with van der Waals surface area (Å²) in [6, 6.07) is 10.8. The minimum Gasteiger partial charge on any atom is -0.404 e. The maximum absolute atomic E-state index is 13.9. The molecule has 0 radical (unpaired) electrons. The fourth-order valence-electron chi connectivity index (χ4n) is 4.93. The molecular weight excluding hydrogens is 594 g/mol. The van der Waals surface area contributed by atoms with Crippen molar-refractivity contribution in [3.05, 3.63) is 70.3 Å². The lowest BCUT2D eigenvalue weighted by Gasteiger charge is -2.38. The summed E-state index contributed by atoms with van der Waals surface area (Å²) in [7, 11) is -4.34. The molecule has 1 amide bonds. The highest BCUT2D eigenvalue weighted by Gasteiger charge is 2.42. The van der Waals surface area contributed by atoms with Crippen LogP contribution in [0, 0.1) is 5.92 Å². The van der Waals surface area contributed by atoms with Gasteiger partial charge in [-0.05, 0) is 36.8 Å². The highest BCUT2D eigenvalue weighted by Crippen LogP contribution is 2.39. The molecule has 0 spiro atoms. The Bertz CT molecular complexity index is 1590. The number of alkyl halides is 3. The van der Waals surface area contributed by atoms with Gasteiger partial charge in [-0.3, -0.25) is 4.79 Å². The van der Waals surface area contributed by atoms with Gasteiger partial charge < -0.3 is 9.64 Å². The summed E-state index contributed by atoms with van der Waals surface area (Å²) >= 11 is 12.4. The predicted molar refractivity (Wildman–Crippen MR) is 142 cm³/mol. The van der Waals surface area contributed by atoms with E-state index in [0.717, 1.165) is 16.4 Å². The average molecular weight is 616 g/mol. The highest BCUT2D eigenvalue weighted by molar-refractivity contribution is 7.89. The first-order valence-electron chi connectivity index (χ1n) is 12.0. The quantitative estimate of drug-likeness (QED) is 0.405. The number of carbonyl (C=O) groups excluding carboxylic acids is 1. The number of carbonyl (C=O) groups is 1. The Morgan fingerprint density at radius 1 is 1.02 bits per heavy atom. The SMILES string of the molecule is CC1=Nc2ccnn2C(c2ccc(Cl)c(Cl)c2)C1C(=O)N1CCN(S(=O)(=O)c2ccccc2OC(F)(F)F)CC1. The van der Waals surface area contributed by atoms with E-state index in [-0.39, 0.29) is 32.1 Å². The van der Waals surface area contributed by atoms with E-state index in [4.69, 9.17) is 23.2 Å². The molecule has 3 heterocycles. The molecule has 2 aromatic carbocycles. The monoisotopic (exact) mass is 615 g/mol. The van der Waals surface area contributed by atoms with E-state index >= 15 is 0 Å². The number of amides is 1. The number of rotatable bonds is 5. The fourth-order valence-corrected chi connectivity index (χ4v) is 6.77. The molecular formula is C25H22Cl2F3N5O4S. The third kappa shape index (κ3) is 5.42. The Morgan fingerprint density at radius 2 is 1.73 bits per heavy atom. The number of nitrogens with zero attached hydrogens (tertiary/aromatic N) is 5. The van der Waals surface area contributed by atoms with Crippen molar-refractivity contribution >= 4 is 50.7 Å². The molecule has 0 saturated carbocycles. The summed E-state index contributed by atoms with van der Waals surface area (Å²) < 4.78 is 71.7. The fraction of sp³-hybridized carbons (Fsp3) is 0.320. The van der Waals surface area contributed by atoms with E-state index in [1.165, 1.54) is 17.0 Å². The normalized spacial score (nSPS) is 20.1. The van der Waals surface area contributed by atoms with Gasteiger partial charge in [0.05, 0.1) is 22.3 Å². The molecule has 1 saturated heterocycles. The van der Waals surface area contributed by atoms with E-state index in [9.17, 15) is 26.4 Å². The topological polar surface area (TPSA) is 97.1 Å². The first kappa shape index (κ1) is 28.4. The summed E-state index contributed by atoms with van der Waals surface area (Å²) in [5, 5.41) is 5.04. The maximum Gasteiger partial charge on any atom is 0.573 e. The van der Waals surface area contributed by atoms with Gasteiger partial charge in [-0.15, -0.1) is 13.2 Å². The van der Waals surface area contributed by atoms with Crippen molar-refractivity contribution in [2.75, 3.05) is 26.2 Å². The van der Waals surface area contributed by atoms with Crippen LogP contribution in [0.4, 0.5) is 19.0 Å². The van der Waals surface area contributed by atoms with Crippen molar-refractivity contribution in [3.8, 4) is 5.75 Å². The second kappa shape index (κ2) is 10.7. The molecule has 2 aliphatic heterocycles. The van der Waals surface area contributed by atoms with Crippen LogP contribution in [-0.4, -0.2) is 71.6 Å². The van der Waals surface area contributed by atoms with Gasteiger partial charge in [0.1, 0.15) is 16.6 Å². The van der Waals surface area contributed by atoms with Gasteiger partial charge in [0.2, 0.25) is 15.9 Å². The zero-order valence-corrected chi connectivity index (χ0v) is 23.2. The second-order valence-electron chi connectivity index (χ2n) is 9.21. The van der Waals surface area contributed by atoms with Crippen LogP contribution >= 0.6 is 23.2 Å². The smallest absolute Gasteiger partial charge is 0.404 e. The van der Waals surface area contributed by atoms with Crippen LogP contribution in [0.5, 0.6) is 5.75 Å². The molecule has 5 rings (SSSR count). The van der Waals surface area contributed by atoms with Crippen LogP contribution in [0.25, 0.3) is 0 Å². The molecule has 0 aliphatic carbocycles. The van der Waals surface area contributed by atoms with Crippen molar-refractivity contribution in [3.63, 3.8) is 0 Å². The Hall–Kier alpha value is -3.13. The van der Waals surface area contributed by atoms with Crippen molar-refractivity contribution in [2.45, 2.75) is 24.2 Å². The molecule has 2 atom stereocenters. The van der Waals surface area contributed by atoms with Crippen LogP contribution in [0.3, 0.4) is 0 Å². The lowest BCUT2D eigenvalue weighted by atomic mass is 9.87. The van der Waals surface area contributed by atoms with Crippen LogP contribution in [-0.2, 0) is 14.8 Å². The second-order valence-corrected chi connectivity index (χ2v) is 11.9. The van der Waals surface area contributed by atoms with Gasteiger partial charge in [0.15, 0.2) is 5.82 Å². The first-order valence-corrected chi connectivity index (χ1v) is 14.2. The Balaban J connectivity index is 1.38. The summed E-state index contributed by atoms with van der Waals surface area (Å²) in [5.74, 6) is -1.32. The number of hydrogen-bond donors (Lipinski definition) is 0. The number of aliphatic imine (C=N–C) groups is 1. The number of halogens is 5. The summed E-state index contributed by atoms with van der Waals surface area (Å²) in [5.41, 5.74) is 1.23. The van der Waals surface area contributed by atoms with Gasteiger partial charge in [-0.1, -0.05) is 41.4 Å². The number of aromatic nitrogens is 2. The van der Waals surface area contributed by atoms with E-state index in [1.807, 2.05) is 0 Å². The molecule has 15 heteroatoms. The third-order valence-electron chi connectivity index (χ3n) is 6.76. The van der Waals surface area contributed by atoms with Crippen LogP contribution in [0.15, 0.2) is 64.6 Å². The molecule has 2 aliphatic rings. The number of benzene rings is 2. The van der Waals surface area contributed by atoms with Crippen molar-refractivity contribution < 1.29 is 31.1 Å².